The Hall–Kier alpha value is -0.730. The number of amides is 1. The first-order valence-electron chi connectivity index (χ1n) is 6.70. The highest BCUT2D eigenvalue weighted by molar-refractivity contribution is 5.64. The Kier molecular flexibility index (Phi) is 10.3. The van der Waals surface area contributed by atoms with E-state index in [1.165, 1.54) is 25.7 Å². The van der Waals surface area contributed by atoms with Gasteiger partial charge >= 0.3 is 6.09 Å². The smallest absolute Gasteiger partial charge is 0.404 e. The minimum atomic E-state index is -0.880. The first-order chi connectivity index (χ1) is 7.70. The van der Waals surface area contributed by atoms with E-state index in [9.17, 15) is 4.79 Å². The van der Waals surface area contributed by atoms with Crippen LogP contribution in [0.1, 0.15) is 71.6 Å². The number of unbranched alkanes of at least 4 members (excludes halogenated alkanes) is 5. The fraction of sp³-hybridized carbons (Fsp3) is 0.923. The molecule has 1 atom stereocenters. The van der Waals surface area contributed by atoms with Gasteiger partial charge in [0, 0.05) is 6.04 Å². The molecule has 0 aromatic rings. The zero-order valence-electron chi connectivity index (χ0n) is 10.8. The summed E-state index contributed by atoms with van der Waals surface area (Å²) in [5, 5.41) is 11.3. The maximum atomic E-state index is 10.6. The molecule has 1 amide bonds. The van der Waals surface area contributed by atoms with Crippen molar-refractivity contribution in [2.24, 2.45) is 0 Å². The normalized spacial score (nSPS) is 12.4. The number of hydrogen-bond acceptors (Lipinski definition) is 1. The highest BCUT2D eigenvalue weighted by Crippen LogP contribution is 2.11. The fourth-order valence-electron chi connectivity index (χ4n) is 1.91. The molecule has 0 aliphatic rings. The summed E-state index contributed by atoms with van der Waals surface area (Å²) in [5.74, 6) is 0. The molecule has 0 aliphatic carbocycles. The van der Waals surface area contributed by atoms with Crippen molar-refractivity contribution in [2.75, 3.05) is 0 Å². The van der Waals surface area contributed by atoms with Crippen molar-refractivity contribution >= 4 is 6.09 Å². The molecular formula is C13H27NO2. The van der Waals surface area contributed by atoms with Gasteiger partial charge in [0.05, 0.1) is 0 Å². The van der Waals surface area contributed by atoms with E-state index in [1.54, 1.807) is 0 Å². The van der Waals surface area contributed by atoms with Gasteiger partial charge in [0.2, 0.25) is 0 Å². The van der Waals surface area contributed by atoms with Gasteiger partial charge in [-0.15, -0.1) is 0 Å². The van der Waals surface area contributed by atoms with E-state index in [1.807, 2.05) is 0 Å². The Morgan fingerprint density at radius 3 is 2.12 bits per heavy atom. The molecule has 0 heterocycles. The molecule has 0 aromatic carbocycles. The van der Waals surface area contributed by atoms with Crippen LogP contribution in [0.2, 0.25) is 0 Å². The molecule has 2 N–H and O–H groups in total. The summed E-state index contributed by atoms with van der Waals surface area (Å²) in [6.45, 7) is 4.34. The van der Waals surface area contributed by atoms with Crippen molar-refractivity contribution in [3.63, 3.8) is 0 Å². The van der Waals surface area contributed by atoms with Gasteiger partial charge in [-0.3, -0.25) is 0 Å². The number of hydrogen-bond donors (Lipinski definition) is 2. The van der Waals surface area contributed by atoms with E-state index in [0.717, 1.165) is 32.1 Å². The van der Waals surface area contributed by atoms with E-state index in [2.05, 4.69) is 19.2 Å². The van der Waals surface area contributed by atoms with Crippen molar-refractivity contribution < 1.29 is 9.90 Å². The van der Waals surface area contributed by atoms with Gasteiger partial charge in [-0.1, -0.05) is 58.8 Å². The van der Waals surface area contributed by atoms with E-state index < -0.39 is 6.09 Å². The summed E-state index contributed by atoms with van der Waals surface area (Å²) >= 11 is 0. The second-order valence-corrected chi connectivity index (χ2v) is 4.49. The average molecular weight is 229 g/mol. The molecule has 96 valence electrons. The van der Waals surface area contributed by atoms with Gasteiger partial charge in [0.1, 0.15) is 0 Å². The summed E-state index contributed by atoms with van der Waals surface area (Å²) in [4.78, 5) is 10.6. The minimum Gasteiger partial charge on any atom is -0.465 e. The lowest BCUT2D eigenvalue weighted by atomic mass is 10.0. The molecular weight excluding hydrogens is 202 g/mol. The van der Waals surface area contributed by atoms with Crippen LogP contribution in [0.3, 0.4) is 0 Å². The Morgan fingerprint density at radius 2 is 1.56 bits per heavy atom. The zero-order chi connectivity index (χ0) is 12.2. The molecule has 0 saturated heterocycles. The van der Waals surface area contributed by atoms with Crippen LogP contribution in [0.15, 0.2) is 0 Å². The van der Waals surface area contributed by atoms with Gasteiger partial charge in [0.25, 0.3) is 0 Å². The number of carboxylic acid groups (broad SMARTS) is 1. The molecule has 3 nitrogen and oxygen atoms in total. The molecule has 1 unspecified atom stereocenters. The molecule has 0 aliphatic heterocycles. The second kappa shape index (κ2) is 10.8. The van der Waals surface area contributed by atoms with E-state index in [-0.39, 0.29) is 6.04 Å². The molecule has 0 rings (SSSR count). The van der Waals surface area contributed by atoms with Crippen molar-refractivity contribution in [3.05, 3.63) is 0 Å². The van der Waals surface area contributed by atoms with E-state index >= 15 is 0 Å². The lowest BCUT2D eigenvalue weighted by Crippen LogP contribution is -2.33. The van der Waals surface area contributed by atoms with Crippen LogP contribution in [0.25, 0.3) is 0 Å². The molecule has 16 heavy (non-hydrogen) atoms. The van der Waals surface area contributed by atoms with Crippen molar-refractivity contribution in [1.29, 1.82) is 0 Å². The van der Waals surface area contributed by atoms with Crippen LogP contribution in [0.4, 0.5) is 4.79 Å². The third kappa shape index (κ3) is 9.81. The highest BCUT2D eigenvalue weighted by atomic mass is 16.4. The van der Waals surface area contributed by atoms with E-state index in [0.29, 0.717) is 0 Å². The predicted octanol–water partition coefficient (Wildman–Crippen LogP) is 4.17. The predicted molar refractivity (Wildman–Crippen MR) is 67.8 cm³/mol. The summed E-state index contributed by atoms with van der Waals surface area (Å²) in [5.41, 5.74) is 0. The van der Waals surface area contributed by atoms with Crippen LogP contribution in [0, 0.1) is 0 Å². The standard InChI is InChI=1S/C13H27NO2/c1-3-5-7-8-9-11-12(10-6-4-2)14-13(15)16/h12,14H,3-11H2,1-2H3,(H,15,16). The van der Waals surface area contributed by atoms with Crippen LogP contribution in [-0.4, -0.2) is 17.2 Å². The monoisotopic (exact) mass is 229 g/mol. The summed E-state index contributed by atoms with van der Waals surface area (Å²) in [7, 11) is 0. The van der Waals surface area contributed by atoms with Crippen molar-refractivity contribution in [1.82, 2.24) is 5.32 Å². The SMILES string of the molecule is CCCCCCCC(CCCC)NC(=O)O. The third-order valence-electron chi connectivity index (χ3n) is 2.89. The Balaban J connectivity index is 3.60. The average Bonchev–Trinajstić information content (AvgIpc) is 2.24. The summed E-state index contributed by atoms with van der Waals surface area (Å²) in [6, 6.07) is 0.166. The van der Waals surface area contributed by atoms with Gasteiger partial charge < -0.3 is 10.4 Å². The molecule has 0 bridgehead atoms. The number of nitrogens with one attached hydrogen (secondary N) is 1. The van der Waals surface area contributed by atoms with Crippen LogP contribution in [0.5, 0.6) is 0 Å². The molecule has 3 heteroatoms. The second-order valence-electron chi connectivity index (χ2n) is 4.49. The lowest BCUT2D eigenvalue weighted by Gasteiger charge is -2.16. The van der Waals surface area contributed by atoms with Gasteiger partial charge in [-0.25, -0.2) is 4.79 Å². The van der Waals surface area contributed by atoms with Crippen molar-refractivity contribution in [2.45, 2.75) is 77.7 Å². The molecule has 0 aromatic heterocycles. The molecule has 0 radical (unpaired) electrons. The fourth-order valence-corrected chi connectivity index (χ4v) is 1.91. The third-order valence-corrected chi connectivity index (χ3v) is 2.89. The minimum absolute atomic E-state index is 0.166. The maximum Gasteiger partial charge on any atom is 0.404 e. The maximum absolute atomic E-state index is 10.6. The Labute approximate surface area is 99.6 Å². The van der Waals surface area contributed by atoms with Gasteiger partial charge in [-0.2, -0.15) is 0 Å². The summed E-state index contributed by atoms with van der Waals surface area (Å²) in [6.07, 6.45) is 9.56. The topological polar surface area (TPSA) is 49.3 Å². The summed E-state index contributed by atoms with van der Waals surface area (Å²) < 4.78 is 0. The highest BCUT2D eigenvalue weighted by Gasteiger charge is 2.09. The Bertz CT molecular complexity index is 171. The van der Waals surface area contributed by atoms with Crippen LogP contribution in [-0.2, 0) is 0 Å². The number of carbonyl (C=O) groups is 1. The van der Waals surface area contributed by atoms with Gasteiger partial charge in [-0.05, 0) is 12.8 Å². The molecule has 0 fully saturated rings. The quantitative estimate of drug-likeness (QED) is 0.552. The van der Waals surface area contributed by atoms with Crippen molar-refractivity contribution in [3.8, 4) is 0 Å². The first kappa shape index (κ1) is 15.3. The Morgan fingerprint density at radius 1 is 1.00 bits per heavy atom. The van der Waals surface area contributed by atoms with E-state index in [4.69, 9.17) is 5.11 Å². The van der Waals surface area contributed by atoms with Crippen LogP contribution < -0.4 is 5.32 Å². The van der Waals surface area contributed by atoms with Crippen LogP contribution >= 0.6 is 0 Å². The molecule has 0 spiro atoms. The largest absolute Gasteiger partial charge is 0.465 e. The van der Waals surface area contributed by atoms with Gasteiger partial charge in [0.15, 0.2) is 0 Å². The first-order valence-corrected chi connectivity index (χ1v) is 6.70. The number of rotatable bonds is 10. The molecule has 0 saturated carbocycles. The zero-order valence-corrected chi connectivity index (χ0v) is 10.8. The lowest BCUT2D eigenvalue weighted by molar-refractivity contribution is 0.187.